The Labute approximate surface area is 147 Å². The minimum Gasteiger partial charge on any atom is -0.371 e. The number of anilines is 1. The van der Waals surface area contributed by atoms with Gasteiger partial charge in [0, 0.05) is 23.8 Å². The molecule has 1 amide bonds. The molecule has 2 aromatic rings. The third-order valence-electron chi connectivity index (χ3n) is 4.09. The molecular formula is C19H21ClN2O2. The molecule has 1 aliphatic heterocycles. The Bertz CT molecular complexity index is 686. The van der Waals surface area contributed by atoms with Crippen molar-refractivity contribution in [2.75, 3.05) is 31.6 Å². The SMILES string of the molecule is Cc1ccc(NC(=O)CN2CCOC(c3ccc(Cl)cc3)C2)cc1. The fraction of sp³-hybridized carbons (Fsp3) is 0.316. The van der Waals surface area contributed by atoms with Crippen LogP contribution in [0.25, 0.3) is 0 Å². The standard InChI is InChI=1S/C19H21ClN2O2/c1-14-2-8-17(9-3-14)21-19(23)13-22-10-11-24-18(12-22)15-4-6-16(20)7-5-15/h2-9,18H,10-13H2,1H3,(H,21,23). The molecule has 0 aromatic heterocycles. The van der Waals surface area contributed by atoms with Gasteiger partial charge >= 0.3 is 0 Å². The highest BCUT2D eigenvalue weighted by molar-refractivity contribution is 6.30. The third-order valence-corrected chi connectivity index (χ3v) is 4.35. The maximum absolute atomic E-state index is 12.2. The zero-order valence-corrected chi connectivity index (χ0v) is 14.4. The van der Waals surface area contributed by atoms with Gasteiger partial charge in [0.05, 0.1) is 19.3 Å². The number of nitrogens with one attached hydrogen (secondary N) is 1. The van der Waals surface area contributed by atoms with Gasteiger partial charge < -0.3 is 10.1 Å². The number of amides is 1. The number of hydrogen-bond acceptors (Lipinski definition) is 3. The van der Waals surface area contributed by atoms with Gasteiger partial charge in [-0.2, -0.15) is 0 Å². The lowest BCUT2D eigenvalue weighted by molar-refractivity contribution is -0.119. The summed E-state index contributed by atoms with van der Waals surface area (Å²) in [5.74, 6) is -0.00407. The first-order chi connectivity index (χ1) is 11.6. The highest BCUT2D eigenvalue weighted by Crippen LogP contribution is 2.23. The Morgan fingerprint density at radius 1 is 1.21 bits per heavy atom. The van der Waals surface area contributed by atoms with Crippen molar-refractivity contribution in [1.29, 1.82) is 0 Å². The molecule has 0 aliphatic carbocycles. The fourth-order valence-electron chi connectivity index (χ4n) is 2.77. The van der Waals surface area contributed by atoms with Crippen LogP contribution in [0.5, 0.6) is 0 Å². The van der Waals surface area contributed by atoms with E-state index in [4.69, 9.17) is 16.3 Å². The zero-order valence-electron chi connectivity index (χ0n) is 13.7. The molecule has 1 N–H and O–H groups in total. The van der Waals surface area contributed by atoms with Crippen LogP contribution in [0, 0.1) is 6.92 Å². The van der Waals surface area contributed by atoms with Crippen LogP contribution in [0.2, 0.25) is 5.02 Å². The lowest BCUT2D eigenvalue weighted by Gasteiger charge is -2.32. The van der Waals surface area contributed by atoms with Crippen molar-refractivity contribution < 1.29 is 9.53 Å². The van der Waals surface area contributed by atoms with E-state index in [9.17, 15) is 4.79 Å². The molecule has 0 radical (unpaired) electrons. The van der Waals surface area contributed by atoms with Crippen LogP contribution in [0.4, 0.5) is 5.69 Å². The number of carbonyl (C=O) groups excluding carboxylic acids is 1. The summed E-state index contributed by atoms with van der Waals surface area (Å²) in [7, 11) is 0. The molecule has 0 saturated carbocycles. The van der Waals surface area contributed by atoms with Crippen molar-refractivity contribution >= 4 is 23.2 Å². The number of aryl methyl sites for hydroxylation is 1. The smallest absolute Gasteiger partial charge is 0.238 e. The van der Waals surface area contributed by atoms with Gasteiger partial charge in [0.2, 0.25) is 5.91 Å². The second kappa shape index (κ2) is 7.79. The topological polar surface area (TPSA) is 41.6 Å². The summed E-state index contributed by atoms with van der Waals surface area (Å²) in [5, 5.41) is 3.65. The van der Waals surface area contributed by atoms with Gasteiger partial charge in [0.1, 0.15) is 0 Å². The molecule has 3 rings (SSSR count). The fourth-order valence-corrected chi connectivity index (χ4v) is 2.89. The molecule has 4 nitrogen and oxygen atoms in total. The number of rotatable bonds is 4. The molecule has 1 heterocycles. The number of ether oxygens (including phenoxy) is 1. The van der Waals surface area contributed by atoms with Crippen LogP contribution in [0.1, 0.15) is 17.2 Å². The molecule has 1 aliphatic rings. The molecule has 1 unspecified atom stereocenters. The number of halogens is 1. The van der Waals surface area contributed by atoms with Crippen molar-refractivity contribution in [1.82, 2.24) is 4.90 Å². The molecule has 2 aromatic carbocycles. The summed E-state index contributed by atoms with van der Waals surface area (Å²) < 4.78 is 5.83. The largest absolute Gasteiger partial charge is 0.371 e. The summed E-state index contributed by atoms with van der Waals surface area (Å²) >= 11 is 5.93. The predicted molar refractivity (Wildman–Crippen MR) is 96.4 cm³/mol. The number of morpholine rings is 1. The van der Waals surface area contributed by atoms with Crippen molar-refractivity contribution in [3.8, 4) is 0 Å². The summed E-state index contributed by atoms with van der Waals surface area (Å²) in [6, 6.07) is 15.5. The molecule has 5 heteroatoms. The predicted octanol–water partition coefficient (Wildman–Crippen LogP) is 3.66. The number of nitrogens with zero attached hydrogens (tertiary/aromatic N) is 1. The molecular weight excluding hydrogens is 324 g/mol. The van der Waals surface area contributed by atoms with Gasteiger partial charge in [-0.3, -0.25) is 9.69 Å². The lowest BCUT2D eigenvalue weighted by atomic mass is 10.1. The van der Waals surface area contributed by atoms with Crippen molar-refractivity contribution in [2.45, 2.75) is 13.0 Å². The summed E-state index contributed by atoms with van der Waals surface area (Å²) in [6.45, 7) is 4.46. The monoisotopic (exact) mass is 344 g/mol. The van der Waals surface area contributed by atoms with Gasteiger partial charge in [-0.1, -0.05) is 41.4 Å². The molecule has 0 bridgehead atoms. The molecule has 1 fully saturated rings. The lowest BCUT2D eigenvalue weighted by Crippen LogP contribution is -2.42. The van der Waals surface area contributed by atoms with Crippen molar-refractivity contribution in [2.24, 2.45) is 0 Å². The zero-order chi connectivity index (χ0) is 16.9. The third kappa shape index (κ3) is 4.57. The summed E-state index contributed by atoms with van der Waals surface area (Å²) in [6.07, 6.45) is -0.0248. The second-order valence-electron chi connectivity index (χ2n) is 6.06. The van der Waals surface area contributed by atoms with Crippen molar-refractivity contribution in [3.63, 3.8) is 0 Å². The second-order valence-corrected chi connectivity index (χ2v) is 6.50. The summed E-state index contributed by atoms with van der Waals surface area (Å²) in [5.41, 5.74) is 3.09. The Balaban J connectivity index is 1.55. The van der Waals surface area contributed by atoms with Crippen LogP contribution in [0.15, 0.2) is 48.5 Å². The van der Waals surface area contributed by atoms with Crippen LogP contribution in [-0.2, 0) is 9.53 Å². The van der Waals surface area contributed by atoms with E-state index in [1.54, 1.807) is 0 Å². The Morgan fingerprint density at radius 3 is 2.62 bits per heavy atom. The van der Waals surface area contributed by atoms with Gasteiger partial charge in [-0.25, -0.2) is 0 Å². The maximum atomic E-state index is 12.2. The Hall–Kier alpha value is -1.88. The molecule has 0 spiro atoms. The highest BCUT2D eigenvalue weighted by atomic mass is 35.5. The van der Waals surface area contributed by atoms with Crippen LogP contribution >= 0.6 is 11.6 Å². The van der Waals surface area contributed by atoms with Gasteiger partial charge in [-0.05, 0) is 36.8 Å². The molecule has 126 valence electrons. The normalized spacial score (nSPS) is 18.3. The van der Waals surface area contributed by atoms with Crippen LogP contribution < -0.4 is 5.32 Å². The van der Waals surface area contributed by atoms with Gasteiger partial charge in [-0.15, -0.1) is 0 Å². The van der Waals surface area contributed by atoms with E-state index < -0.39 is 0 Å². The highest BCUT2D eigenvalue weighted by Gasteiger charge is 2.23. The minimum absolute atomic E-state index is 0.00407. The van der Waals surface area contributed by atoms with E-state index >= 15 is 0 Å². The minimum atomic E-state index is -0.0248. The van der Waals surface area contributed by atoms with Gasteiger partial charge in [0.25, 0.3) is 0 Å². The molecule has 24 heavy (non-hydrogen) atoms. The number of benzene rings is 2. The van der Waals surface area contributed by atoms with E-state index in [1.165, 1.54) is 5.56 Å². The van der Waals surface area contributed by atoms with Crippen LogP contribution in [0.3, 0.4) is 0 Å². The average Bonchev–Trinajstić information content (AvgIpc) is 2.58. The van der Waals surface area contributed by atoms with E-state index in [0.717, 1.165) is 17.8 Å². The maximum Gasteiger partial charge on any atom is 0.238 e. The van der Waals surface area contributed by atoms with Crippen molar-refractivity contribution in [3.05, 3.63) is 64.7 Å². The van der Waals surface area contributed by atoms with Gasteiger partial charge in [0.15, 0.2) is 0 Å². The molecule has 1 atom stereocenters. The average molecular weight is 345 g/mol. The summed E-state index contributed by atoms with van der Waals surface area (Å²) in [4.78, 5) is 14.4. The molecule has 1 saturated heterocycles. The Morgan fingerprint density at radius 2 is 1.92 bits per heavy atom. The van der Waals surface area contributed by atoms with E-state index in [1.807, 2.05) is 55.5 Å². The van der Waals surface area contributed by atoms with E-state index in [2.05, 4.69) is 10.2 Å². The number of carbonyl (C=O) groups is 1. The van der Waals surface area contributed by atoms with E-state index in [0.29, 0.717) is 24.7 Å². The van der Waals surface area contributed by atoms with Crippen LogP contribution in [-0.4, -0.2) is 37.0 Å². The number of hydrogen-bond donors (Lipinski definition) is 1. The first-order valence-electron chi connectivity index (χ1n) is 8.06. The first-order valence-corrected chi connectivity index (χ1v) is 8.44. The quantitative estimate of drug-likeness (QED) is 0.920. The van der Waals surface area contributed by atoms with E-state index in [-0.39, 0.29) is 12.0 Å². The first kappa shape index (κ1) is 17.0. The Kier molecular flexibility index (Phi) is 5.51.